The molecule has 1 aliphatic rings. The second-order valence-corrected chi connectivity index (χ2v) is 2.54. The predicted octanol–water partition coefficient (Wildman–Crippen LogP) is 1.02. The average molecular weight is 129 g/mol. The van der Waals surface area contributed by atoms with Crippen molar-refractivity contribution in [2.24, 2.45) is 0 Å². The maximum atomic E-state index is 5.19. The number of hydrogen-bond donors (Lipinski definition) is 0. The molecular weight excluding hydrogens is 116 g/mol. The molecule has 1 radical (unpaired) electrons. The second kappa shape index (κ2) is 2.67. The van der Waals surface area contributed by atoms with Gasteiger partial charge >= 0.3 is 0 Å². The van der Waals surface area contributed by atoms with Crippen LogP contribution in [0.2, 0.25) is 0 Å². The van der Waals surface area contributed by atoms with Gasteiger partial charge in [0.15, 0.2) is 0 Å². The molecule has 0 aromatic carbocycles. The Morgan fingerprint density at radius 3 is 2.78 bits per heavy atom. The molecular formula is C7H13O2. The van der Waals surface area contributed by atoms with Gasteiger partial charge in [-0.1, -0.05) is 0 Å². The van der Waals surface area contributed by atoms with Crippen molar-refractivity contribution in [3.8, 4) is 0 Å². The van der Waals surface area contributed by atoms with Crippen molar-refractivity contribution in [3.63, 3.8) is 0 Å². The summed E-state index contributed by atoms with van der Waals surface area (Å²) in [4.78, 5) is 0. The van der Waals surface area contributed by atoms with E-state index in [-0.39, 0.29) is 5.60 Å². The van der Waals surface area contributed by atoms with Crippen molar-refractivity contribution in [3.05, 3.63) is 6.92 Å². The molecule has 1 heterocycles. The minimum atomic E-state index is -0.252. The molecule has 0 spiro atoms. The molecule has 1 atom stereocenters. The van der Waals surface area contributed by atoms with Gasteiger partial charge in [0.25, 0.3) is 0 Å². The maximum Gasteiger partial charge on any atom is 0.0913 e. The summed E-state index contributed by atoms with van der Waals surface area (Å²) in [6.07, 6.45) is 2.08. The summed E-state index contributed by atoms with van der Waals surface area (Å²) in [6.45, 7) is 5.40. The lowest BCUT2D eigenvalue weighted by Crippen LogP contribution is -2.37. The lowest BCUT2D eigenvalue weighted by Gasteiger charge is -2.31. The van der Waals surface area contributed by atoms with Gasteiger partial charge in [0.2, 0.25) is 0 Å². The molecule has 1 unspecified atom stereocenters. The molecule has 0 saturated carbocycles. The van der Waals surface area contributed by atoms with E-state index in [1.54, 1.807) is 7.11 Å². The topological polar surface area (TPSA) is 18.5 Å². The summed E-state index contributed by atoms with van der Waals surface area (Å²) in [5.74, 6) is 0. The lowest BCUT2D eigenvalue weighted by molar-refractivity contribution is -0.0807. The van der Waals surface area contributed by atoms with E-state index in [0.717, 1.165) is 19.4 Å². The van der Waals surface area contributed by atoms with Crippen molar-refractivity contribution in [2.75, 3.05) is 20.3 Å². The quantitative estimate of drug-likeness (QED) is 0.526. The minimum Gasteiger partial charge on any atom is -0.378 e. The first-order valence-corrected chi connectivity index (χ1v) is 3.25. The Morgan fingerprint density at radius 1 is 1.67 bits per heavy atom. The zero-order chi connectivity index (χ0) is 6.74. The Balaban J connectivity index is 2.37. The van der Waals surface area contributed by atoms with Gasteiger partial charge in [-0.3, -0.25) is 0 Å². The first kappa shape index (κ1) is 7.03. The SMILES string of the molecule is [CH2]C1(OC)CCCOC1. The molecule has 0 amide bonds. The van der Waals surface area contributed by atoms with Crippen LogP contribution in [0.15, 0.2) is 0 Å². The Bertz CT molecular complexity index is 84.9. The van der Waals surface area contributed by atoms with E-state index in [4.69, 9.17) is 9.47 Å². The van der Waals surface area contributed by atoms with E-state index in [9.17, 15) is 0 Å². The van der Waals surface area contributed by atoms with E-state index < -0.39 is 0 Å². The molecule has 9 heavy (non-hydrogen) atoms. The van der Waals surface area contributed by atoms with Crippen LogP contribution in [-0.2, 0) is 9.47 Å². The number of rotatable bonds is 1. The third-order valence-electron chi connectivity index (χ3n) is 1.72. The van der Waals surface area contributed by atoms with Gasteiger partial charge in [-0.15, -0.1) is 0 Å². The van der Waals surface area contributed by atoms with Crippen molar-refractivity contribution in [1.29, 1.82) is 0 Å². The maximum absolute atomic E-state index is 5.19. The molecule has 0 aromatic heterocycles. The van der Waals surface area contributed by atoms with E-state index >= 15 is 0 Å². The summed E-state index contributed by atoms with van der Waals surface area (Å²) < 4.78 is 10.3. The second-order valence-electron chi connectivity index (χ2n) is 2.54. The molecule has 1 aliphatic heterocycles. The van der Waals surface area contributed by atoms with Crippen molar-refractivity contribution >= 4 is 0 Å². The van der Waals surface area contributed by atoms with Crippen molar-refractivity contribution in [1.82, 2.24) is 0 Å². The number of ether oxygens (including phenoxy) is 2. The van der Waals surface area contributed by atoms with Gasteiger partial charge in [0, 0.05) is 13.7 Å². The molecule has 1 saturated heterocycles. The van der Waals surface area contributed by atoms with Gasteiger partial charge in [-0.05, 0) is 19.8 Å². The largest absolute Gasteiger partial charge is 0.378 e. The first-order valence-electron chi connectivity index (χ1n) is 3.25. The Labute approximate surface area is 56.2 Å². The molecule has 1 fully saturated rings. The van der Waals surface area contributed by atoms with Crippen LogP contribution < -0.4 is 0 Å². The standard InChI is InChI=1S/C7H13O2/c1-7(8-2)4-3-5-9-6-7/h1,3-6H2,2H3. The summed E-state index contributed by atoms with van der Waals surface area (Å²) in [5, 5.41) is 0. The molecule has 0 aromatic rings. The van der Waals surface area contributed by atoms with Gasteiger partial charge in [-0.2, -0.15) is 0 Å². The van der Waals surface area contributed by atoms with Gasteiger partial charge in [0.05, 0.1) is 12.2 Å². The number of hydrogen-bond acceptors (Lipinski definition) is 2. The zero-order valence-electron chi connectivity index (χ0n) is 5.85. The highest BCUT2D eigenvalue weighted by atomic mass is 16.5. The smallest absolute Gasteiger partial charge is 0.0913 e. The van der Waals surface area contributed by atoms with Gasteiger partial charge in [-0.25, -0.2) is 0 Å². The minimum absolute atomic E-state index is 0.252. The van der Waals surface area contributed by atoms with Crippen LogP contribution in [0.5, 0.6) is 0 Å². The van der Waals surface area contributed by atoms with Crippen molar-refractivity contribution < 1.29 is 9.47 Å². The van der Waals surface area contributed by atoms with Crippen LogP contribution in [0.4, 0.5) is 0 Å². The first-order chi connectivity index (χ1) is 4.27. The molecule has 1 rings (SSSR count). The summed E-state index contributed by atoms with van der Waals surface area (Å²) >= 11 is 0. The molecule has 0 aliphatic carbocycles. The average Bonchev–Trinajstić information content (AvgIpc) is 1.90. The van der Waals surface area contributed by atoms with Gasteiger partial charge < -0.3 is 9.47 Å². The summed E-state index contributed by atoms with van der Waals surface area (Å²) in [5.41, 5.74) is -0.252. The third kappa shape index (κ3) is 1.66. The molecule has 0 bridgehead atoms. The fraction of sp³-hybridized carbons (Fsp3) is 0.857. The van der Waals surface area contributed by atoms with E-state index in [2.05, 4.69) is 6.92 Å². The number of methoxy groups -OCH3 is 1. The summed E-state index contributed by atoms with van der Waals surface area (Å²) in [7, 11) is 1.68. The highest BCUT2D eigenvalue weighted by Crippen LogP contribution is 2.20. The molecule has 2 nitrogen and oxygen atoms in total. The van der Waals surface area contributed by atoms with Crippen LogP contribution in [0.25, 0.3) is 0 Å². The van der Waals surface area contributed by atoms with Crippen LogP contribution in [-0.4, -0.2) is 25.9 Å². The Kier molecular flexibility index (Phi) is 2.09. The Morgan fingerprint density at radius 2 is 2.44 bits per heavy atom. The van der Waals surface area contributed by atoms with E-state index in [1.165, 1.54) is 0 Å². The van der Waals surface area contributed by atoms with E-state index in [0.29, 0.717) is 6.61 Å². The van der Waals surface area contributed by atoms with E-state index in [1.807, 2.05) is 0 Å². The highest BCUT2D eigenvalue weighted by molar-refractivity contribution is 4.85. The Hall–Kier alpha value is -0.0800. The highest BCUT2D eigenvalue weighted by Gasteiger charge is 2.26. The van der Waals surface area contributed by atoms with Crippen LogP contribution in [0.3, 0.4) is 0 Å². The van der Waals surface area contributed by atoms with Crippen molar-refractivity contribution in [2.45, 2.75) is 18.4 Å². The molecule has 53 valence electrons. The van der Waals surface area contributed by atoms with Crippen LogP contribution in [0, 0.1) is 6.92 Å². The normalized spacial score (nSPS) is 36.7. The fourth-order valence-electron chi connectivity index (χ4n) is 0.988. The molecule has 2 heteroatoms. The zero-order valence-corrected chi connectivity index (χ0v) is 5.85. The fourth-order valence-corrected chi connectivity index (χ4v) is 0.988. The predicted molar refractivity (Wildman–Crippen MR) is 35.1 cm³/mol. The summed E-state index contributed by atoms with van der Waals surface area (Å²) in [6, 6.07) is 0. The monoisotopic (exact) mass is 129 g/mol. The molecule has 0 N–H and O–H groups in total. The van der Waals surface area contributed by atoms with Crippen LogP contribution >= 0.6 is 0 Å². The van der Waals surface area contributed by atoms with Crippen LogP contribution in [0.1, 0.15) is 12.8 Å². The third-order valence-corrected chi connectivity index (χ3v) is 1.72. The van der Waals surface area contributed by atoms with Gasteiger partial charge in [0.1, 0.15) is 0 Å². The lowest BCUT2D eigenvalue weighted by atomic mass is 9.99.